The van der Waals surface area contributed by atoms with Crippen molar-refractivity contribution in [3.05, 3.63) is 48.6 Å². The van der Waals surface area contributed by atoms with Gasteiger partial charge in [0.1, 0.15) is 5.60 Å². The molecule has 3 atom stereocenters. The molecule has 0 bridgehead atoms. The Kier molecular flexibility index (Phi) is 5.60. The van der Waals surface area contributed by atoms with Crippen molar-refractivity contribution in [3.63, 3.8) is 0 Å². The maximum absolute atomic E-state index is 12.6. The van der Waals surface area contributed by atoms with Crippen molar-refractivity contribution >= 4 is 5.97 Å². The molecule has 1 aromatic rings. The Balaban J connectivity index is 2.13. The zero-order valence-corrected chi connectivity index (χ0v) is 14.4. The number of allylic oxidation sites excluding steroid dienone is 1. The van der Waals surface area contributed by atoms with E-state index in [0.717, 1.165) is 19.5 Å². The summed E-state index contributed by atoms with van der Waals surface area (Å²) >= 11 is 0. The Labute approximate surface area is 139 Å². The third-order valence-corrected chi connectivity index (χ3v) is 4.14. The Bertz CT molecular complexity index is 536. The number of likely N-dealkylation sites (tertiary alicyclic amines) is 1. The van der Waals surface area contributed by atoms with Crippen LogP contribution in [0, 0.1) is 11.8 Å². The van der Waals surface area contributed by atoms with Gasteiger partial charge in [-0.2, -0.15) is 0 Å². The van der Waals surface area contributed by atoms with Gasteiger partial charge in [0.15, 0.2) is 0 Å². The van der Waals surface area contributed by atoms with Gasteiger partial charge < -0.3 is 10.5 Å². The molecule has 0 spiro atoms. The van der Waals surface area contributed by atoms with Crippen molar-refractivity contribution in [1.82, 2.24) is 4.90 Å². The number of nitrogens with two attached hydrogens (primary N) is 1. The maximum Gasteiger partial charge on any atom is 0.312 e. The largest absolute Gasteiger partial charge is 0.460 e. The highest BCUT2D eigenvalue weighted by atomic mass is 16.6. The zero-order valence-electron chi connectivity index (χ0n) is 14.4. The fraction of sp³-hybridized carbons (Fsp3) is 0.526. The molecule has 4 heteroatoms. The molecule has 1 aliphatic heterocycles. The summed E-state index contributed by atoms with van der Waals surface area (Å²) in [4.78, 5) is 14.8. The van der Waals surface area contributed by atoms with Crippen LogP contribution in [0.25, 0.3) is 0 Å². The maximum atomic E-state index is 12.6. The molecule has 0 aliphatic carbocycles. The second kappa shape index (κ2) is 7.28. The van der Waals surface area contributed by atoms with E-state index in [4.69, 9.17) is 10.5 Å². The lowest BCUT2D eigenvalue weighted by molar-refractivity contribution is -0.162. The lowest BCUT2D eigenvalue weighted by atomic mass is 9.91. The standard InChI is InChI=1S/C19H28N2O2/c1-5-9-15-13-21(12-14-10-7-6-8-11-14)17(20)16(15)18(22)23-19(2,3)4/h5-8,10-11,15-17H,1,9,12-13,20H2,2-4H3/t15-,16-,17?/m0/s1. The number of ether oxygens (including phenoxy) is 1. The van der Waals surface area contributed by atoms with Crippen molar-refractivity contribution in [3.8, 4) is 0 Å². The van der Waals surface area contributed by atoms with Crippen molar-refractivity contribution in [2.75, 3.05) is 6.54 Å². The van der Waals surface area contributed by atoms with Crippen molar-refractivity contribution in [2.45, 2.75) is 45.5 Å². The fourth-order valence-corrected chi connectivity index (χ4v) is 3.17. The summed E-state index contributed by atoms with van der Waals surface area (Å²) in [5, 5.41) is 0. The van der Waals surface area contributed by atoms with Gasteiger partial charge in [-0.25, -0.2) is 0 Å². The van der Waals surface area contributed by atoms with Crippen molar-refractivity contribution in [1.29, 1.82) is 0 Å². The predicted octanol–water partition coefficient (Wildman–Crippen LogP) is 2.94. The Morgan fingerprint density at radius 3 is 2.61 bits per heavy atom. The third kappa shape index (κ3) is 4.66. The van der Waals surface area contributed by atoms with E-state index in [-0.39, 0.29) is 24.0 Å². The van der Waals surface area contributed by atoms with Gasteiger partial charge in [0.2, 0.25) is 0 Å². The Morgan fingerprint density at radius 1 is 1.39 bits per heavy atom. The number of nitrogens with zero attached hydrogens (tertiary/aromatic N) is 1. The van der Waals surface area contributed by atoms with E-state index in [2.05, 4.69) is 23.6 Å². The molecule has 0 radical (unpaired) electrons. The van der Waals surface area contributed by atoms with Gasteiger partial charge in [-0.3, -0.25) is 9.69 Å². The first-order valence-corrected chi connectivity index (χ1v) is 8.19. The van der Waals surface area contributed by atoms with E-state index in [9.17, 15) is 4.79 Å². The highest BCUT2D eigenvalue weighted by Crippen LogP contribution is 2.33. The summed E-state index contributed by atoms with van der Waals surface area (Å²) < 4.78 is 5.59. The number of esters is 1. The second-order valence-electron chi connectivity index (χ2n) is 7.25. The molecule has 126 valence electrons. The van der Waals surface area contributed by atoms with Crippen LogP contribution in [0.2, 0.25) is 0 Å². The SMILES string of the molecule is C=CC[C@H]1CN(Cc2ccccc2)C(N)[C@H]1C(=O)OC(C)(C)C. The van der Waals surface area contributed by atoms with E-state index < -0.39 is 5.60 Å². The number of rotatable bonds is 5. The first-order chi connectivity index (χ1) is 10.8. The molecule has 1 saturated heterocycles. The van der Waals surface area contributed by atoms with Gasteiger partial charge in [-0.05, 0) is 38.7 Å². The third-order valence-electron chi connectivity index (χ3n) is 4.14. The minimum atomic E-state index is -0.498. The van der Waals surface area contributed by atoms with Crippen molar-refractivity contribution < 1.29 is 9.53 Å². The summed E-state index contributed by atoms with van der Waals surface area (Å²) in [6.45, 7) is 11.0. The van der Waals surface area contributed by atoms with Crippen LogP contribution in [-0.4, -0.2) is 29.2 Å². The zero-order chi connectivity index (χ0) is 17.0. The molecule has 23 heavy (non-hydrogen) atoms. The number of carbonyl (C=O) groups excluding carboxylic acids is 1. The topological polar surface area (TPSA) is 55.6 Å². The molecule has 1 aromatic carbocycles. The molecule has 0 aromatic heterocycles. The normalized spacial score (nSPS) is 25.3. The van der Waals surface area contributed by atoms with E-state index in [0.29, 0.717) is 0 Å². The van der Waals surface area contributed by atoms with Crippen molar-refractivity contribution in [2.24, 2.45) is 17.6 Å². The molecular formula is C19H28N2O2. The van der Waals surface area contributed by atoms with Crippen LogP contribution in [0.15, 0.2) is 43.0 Å². The molecular weight excluding hydrogens is 288 g/mol. The van der Waals surface area contributed by atoms with Crippen LogP contribution in [0.1, 0.15) is 32.8 Å². The minimum absolute atomic E-state index is 0.154. The second-order valence-corrected chi connectivity index (χ2v) is 7.25. The monoisotopic (exact) mass is 316 g/mol. The molecule has 1 unspecified atom stereocenters. The first kappa shape index (κ1) is 17.7. The summed E-state index contributed by atoms with van der Waals surface area (Å²) in [5.74, 6) is -0.357. The highest BCUT2D eigenvalue weighted by Gasteiger charge is 2.45. The molecule has 2 rings (SSSR count). The molecule has 1 fully saturated rings. The molecule has 0 saturated carbocycles. The average molecular weight is 316 g/mol. The van der Waals surface area contributed by atoms with Crippen LogP contribution in [-0.2, 0) is 16.1 Å². The highest BCUT2D eigenvalue weighted by molar-refractivity contribution is 5.74. The predicted molar refractivity (Wildman–Crippen MR) is 92.5 cm³/mol. The molecule has 1 aliphatic rings. The quantitative estimate of drug-likeness (QED) is 0.670. The minimum Gasteiger partial charge on any atom is -0.460 e. The van der Waals surface area contributed by atoms with Gasteiger partial charge in [0.25, 0.3) is 0 Å². The number of carbonyl (C=O) groups is 1. The van der Waals surface area contributed by atoms with Gasteiger partial charge in [-0.15, -0.1) is 6.58 Å². The summed E-state index contributed by atoms with van der Waals surface area (Å²) in [7, 11) is 0. The molecule has 1 heterocycles. The number of hydrogen-bond donors (Lipinski definition) is 1. The Hall–Kier alpha value is -1.65. The molecule has 0 amide bonds. The van der Waals surface area contributed by atoms with E-state index in [1.54, 1.807) is 0 Å². The van der Waals surface area contributed by atoms with Crippen LogP contribution in [0.4, 0.5) is 0 Å². The summed E-state index contributed by atoms with van der Waals surface area (Å²) in [6, 6.07) is 10.2. The van der Waals surface area contributed by atoms with E-state index >= 15 is 0 Å². The van der Waals surface area contributed by atoms with Gasteiger partial charge in [0, 0.05) is 13.1 Å². The van der Waals surface area contributed by atoms with Gasteiger partial charge in [0.05, 0.1) is 12.1 Å². The van der Waals surface area contributed by atoms with Gasteiger partial charge in [-0.1, -0.05) is 36.4 Å². The lowest BCUT2D eigenvalue weighted by Crippen LogP contribution is -2.44. The summed E-state index contributed by atoms with van der Waals surface area (Å²) in [6.07, 6.45) is 2.30. The van der Waals surface area contributed by atoms with Crippen LogP contribution in [0.3, 0.4) is 0 Å². The van der Waals surface area contributed by atoms with Crippen LogP contribution in [0.5, 0.6) is 0 Å². The number of benzene rings is 1. The lowest BCUT2D eigenvalue weighted by Gasteiger charge is -2.27. The van der Waals surface area contributed by atoms with Gasteiger partial charge >= 0.3 is 5.97 Å². The van der Waals surface area contributed by atoms with Crippen LogP contribution < -0.4 is 5.73 Å². The van der Waals surface area contributed by atoms with E-state index in [1.807, 2.05) is 45.0 Å². The number of hydrogen-bond acceptors (Lipinski definition) is 4. The first-order valence-electron chi connectivity index (χ1n) is 8.19. The van der Waals surface area contributed by atoms with Crippen LogP contribution >= 0.6 is 0 Å². The summed E-state index contributed by atoms with van der Waals surface area (Å²) in [5.41, 5.74) is 7.10. The average Bonchev–Trinajstić information content (AvgIpc) is 2.75. The molecule has 2 N–H and O–H groups in total. The smallest absolute Gasteiger partial charge is 0.312 e. The van der Waals surface area contributed by atoms with E-state index in [1.165, 1.54) is 5.56 Å². The molecule has 4 nitrogen and oxygen atoms in total. The fourth-order valence-electron chi connectivity index (χ4n) is 3.17. The Morgan fingerprint density at radius 2 is 2.04 bits per heavy atom.